The summed E-state index contributed by atoms with van der Waals surface area (Å²) in [5.41, 5.74) is 11.5. The molecule has 3 N–H and O–H groups in total. The molecule has 0 fully saturated rings. The van der Waals surface area contributed by atoms with Crippen molar-refractivity contribution in [1.29, 1.82) is 0 Å². The fourth-order valence-electron chi connectivity index (χ4n) is 3.97. The minimum atomic E-state index is -4.76. The Kier molecular flexibility index (Phi) is 5.33. The SMILES string of the molecule is Nc1ncnc2c3c(n(-c4ccc(NC(=O)Cc5ccc(OC(F)(F)F)cc5)cc4)c12)COC3. The number of amides is 1. The average Bonchev–Trinajstić information content (AvgIpc) is 3.37. The number of hydrogen-bond donors (Lipinski definition) is 2. The fraction of sp³-hybridized carbons (Fsp3) is 0.174. The first kappa shape index (κ1) is 21.7. The van der Waals surface area contributed by atoms with E-state index in [-0.39, 0.29) is 18.1 Å². The van der Waals surface area contributed by atoms with Crippen LogP contribution in [0.5, 0.6) is 5.75 Å². The number of rotatable bonds is 5. The third-order valence-corrected chi connectivity index (χ3v) is 5.39. The summed E-state index contributed by atoms with van der Waals surface area (Å²) in [5, 5.41) is 2.78. The van der Waals surface area contributed by atoms with Crippen molar-refractivity contribution in [2.45, 2.75) is 26.0 Å². The zero-order valence-electron chi connectivity index (χ0n) is 17.6. The molecule has 0 bridgehead atoms. The van der Waals surface area contributed by atoms with Crippen molar-refractivity contribution >= 4 is 28.4 Å². The molecule has 0 atom stereocenters. The number of carbonyl (C=O) groups is 1. The van der Waals surface area contributed by atoms with Gasteiger partial charge in [-0.25, -0.2) is 9.97 Å². The third-order valence-electron chi connectivity index (χ3n) is 5.39. The minimum Gasteiger partial charge on any atom is -0.406 e. The summed E-state index contributed by atoms with van der Waals surface area (Å²) in [6, 6.07) is 12.3. The second kappa shape index (κ2) is 8.34. The molecule has 0 unspecified atom stereocenters. The van der Waals surface area contributed by atoms with Gasteiger partial charge in [0.25, 0.3) is 0 Å². The Morgan fingerprint density at radius 2 is 1.82 bits per heavy atom. The van der Waals surface area contributed by atoms with Gasteiger partial charge in [0.1, 0.15) is 23.1 Å². The van der Waals surface area contributed by atoms with E-state index >= 15 is 0 Å². The molecule has 4 aromatic rings. The molecule has 174 valence electrons. The summed E-state index contributed by atoms with van der Waals surface area (Å²) in [7, 11) is 0. The molecule has 1 amide bonds. The van der Waals surface area contributed by atoms with Gasteiger partial charge in [0, 0.05) is 16.9 Å². The quantitative estimate of drug-likeness (QED) is 0.456. The van der Waals surface area contributed by atoms with Gasteiger partial charge >= 0.3 is 6.36 Å². The second-order valence-electron chi connectivity index (χ2n) is 7.67. The monoisotopic (exact) mass is 469 g/mol. The van der Waals surface area contributed by atoms with Crippen LogP contribution in [0.25, 0.3) is 16.7 Å². The topological polar surface area (TPSA) is 104 Å². The molecule has 2 aromatic heterocycles. The summed E-state index contributed by atoms with van der Waals surface area (Å²) in [5.74, 6) is -0.285. The summed E-state index contributed by atoms with van der Waals surface area (Å²) in [4.78, 5) is 20.9. The first-order valence-corrected chi connectivity index (χ1v) is 10.2. The van der Waals surface area contributed by atoms with Crippen LogP contribution in [-0.4, -0.2) is 26.8 Å². The van der Waals surface area contributed by atoms with E-state index in [2.05, 4.69) is 20.0 Å². The smallest absolute Gasteiger partial charge is 0.406 e. The zero-order chi connectivity index (χ0) is 23.9. The normalized spacial score (nSPS) is 13.1. The Morgan fingerprint density at radius 1 is 1.09 bits per heavy atom. The van der Waals surface area contributed by atoms with Crippen molar-refractivity contribution in [3.05, 3.63) is 71.7 Å². The lowest BCUT2D eigenvalue weighted by molar-refractivity contribution is -0.274. The first-order valence-electron chi connectivity index (χ1n) is 10.2. The van der Waals surface area contributed by atoms with E-state index in [0.717, 1.165) is 22.5 Å². The lowest BCUT2D eigenvalue weighted by Crippen LogP contribution is -2.17. The lowest BCUT2D eigenvalue weighted by atomic mass is 10.1. The number of alkyl halides is 3. The predicted octanol–water partition coefficient (Wildman–Crippen LogP) is 4.11. The van der Waals surface area contributed by atoms with Crippen LogP contribution in [0.4, 0.5) is 24.7 Å². The number of nitrogens with zero attached hydrogens (tertiary/aromatic N) is 3. The standard InChI is InChI=1S/C23H18F3N5O3/c24-23(25,26)34-16-7-1-13(2-8-16)9-19(32)30-14-3-5-15(6-4-14)31-18-11-33-10-17(18)20-21(31)22(27)29-12-28-20/h1-8,12H,9-11H2,(H,30,32)(H2,27,28,29). The molecule has 5 rings (SSSR count). The van der Waals surface area contributed by atoms with Crippen LogP contribution in [0.15, 0.2) is 54.9 Å². The maximum atomic E-state index is 12.4. The van der Waals surface area contributed by atoms with Crippen LogP contribution in [0.3, 0.4) is 0 Å². The number of hydrogen-bond acceptors (Lipinski definition) is 6. The van der Waals surface area contributed by atoms with E-state index in [1.165, 1.54) is 30.6 Å². The Labute approximate surface area is 191 Å². The first-order chi connectivity index (χ1) is 16.3. The van der Waals surface area contributed by atoms with Crippen LogP contribution in [0.1, 0.15) is 16.8 Å². The molecule has 0 saturated heterocycles. The number of anilines is 2. The lowest BCUT2D eigenvalue weighted by Gasteiger charge is -2.12. The van der Waals surface area contributed by atoms with E-state index in [4.69, 9.17) is 10.5 Å². The summed E-state index contributed by atoms with van der Waals surface area (Å²) in [6.45, 7) is 0.878. The average molecular weight is 469 g/mol. The maximum Gasteiger partial charge on any atom is 0.573 e. The Hall–Kier alpha value is -4.12. The van der Waals surface area contributed by atoms with Crippen molar-refractivity contribution < 1.29 is 27.4 Å². The van der Waals surface area contributed by atoms with Gasteiger partial charge in [0.15, 0.2) is 5.82 Å². The van der Waals surface area contributed by atoms with Crippen molar-refractivity contribution in [3.8, 4) is 11.4 Å². The number of ether oxygens (including phenoxy) is 2. The summed E-state index contributed by atoms with van der Waals surface area (Å²) in [6.07, 6.45) is -3.34. The molecular weight excluding hydrogens is 451 g/mol. The van der Waals surface area contributed by atoms with Crippen LogP contribution in [-0.2, 0) is 29.2 Å². The van der Waals surface area contributed by atoms with Crippen molar-refractivity contribution in [1.82, 2.24) is 14.5 Å². The number of halogens is 3. The van der Waals surface area contributed by atoms with E-state index < -0.39 is 6.36 Å². The molecule has 0 radical (unpaired) electrons. The van der Waals surface area contributed by atoms with Gasteiger partial charge in [0.05, 0.1) is 25.3 Å². The largest absolute Gasteiger partial charge is 0.573 e. The highest BCUT2D eigenvalue weighted by molar-refractivity contribution is 5.93. The highest BCUT2D eigenvalue weighted by atomic mass is 19.4. The maximum absolute atomic E-state index is 12.4. The van der Waals surface area contributed by atoms with E-state index in [1.54, 1.807) is 12.1 Å². The second-order valence-corrected chi connectivity index (χ2v) is 7.67. The van der Waals surface area contributed by atoms with Gasteiger partial charge in [-0.1, -0.05) is 12.1 Å². The fourth-order valence-corrected chi connectivity index (χ4v) is 3.97. The van der Waals surface area contributed by atoms with Gasteiger partial charge in [-0.3, -0.25) is 4.79 Å². The van der Waals surface area contributed by atoms with Crippen LogP contribution >= 0.6 is 0 Å². The summed E-state index contributed by atoms with van der Waals surface area (Å²) < 4.78 is 48.2. The van der Waals surface area contributed by atoms with Crippen molar-refractivity contribution in [3.63, 3.8) is 0 Å². The molecule has 34 heavy (non-hydrogen) atoms. The predicted molar refractivity (Wildman–Crippen MR) is 117 cm³/mol. The Bertz CT molecular complexity index is 1370. The molecule has 0 saturated carbocycles. The van der Waals surface area contributed by atoms with E-state index in [0.29, 0.717) is 35.8 Å². The number of aromatic nitrogens is 3. The van der Waals surface area contributed by atoms with Crippen molar-refractivity contribution in [2.24, 2.45) is 0 Å². The van der Waals surface area contributed by atoms with Gasteiger partial charge in [-0.2, -0.15) is 0 Å². The zero-order valence-corrected chi connectivity index (χ0v) is 17.6. The van der Waals surface area contributed by atoms with Gasteiger partial charge in [-0.05, 0) is 42.0 Å². The molecule has 1 aliphatic rings. The number of carbonyl (C=O) groups excluding carboxylic acids is 1. The molecular formula is C23H18F3N5O3. The molecule has 11 heteroatoms. The highest BCUT2D eigenvalue weighted by Gasteiger charge is 2.31. The van der Waals surface area contributed by atoms with Crippen molar-refractivity contribution in [2.75, 3.05) is 11.1 Å². The number of nitrogens with one attached hydrogen (secondary N) is 1. The number of nitrogen functional groups attached to an aromatic ring is 1. The van der Waals surface area contributed by atoms with Gasteiger partial charge in [-0.15, -0.1) is 13.2 Å². The number of fused-ring (bicyclic) bond motifs is 3. The Balaban J connectivity index is 1.31. The third kappa shape index (κ3) is 4.25. The van der Waals surface area contributed by atoms with Gasteiger partial charge < -0.3 is 25.1 Å². The van der Waals surface area contributed by atoms with E-state index in [9.17, 15) is 18.0 Å². The number of nitrogens with two attached hydrogens (primary N) is 1. The van der Waals surface area contributed by atoms with Crippen LogP contribution in [0.2, 0.25) is 0 Å². The minimum absolute atomic E-state index is 0.00495. The van der Waals surface area contributed by atoms with E-state index in [1.807, 2.05) is 16.7 Å². The molecule has 8 nitrogen and oxygen atoms in total. The van der Waals surface area contributed by atoms with Gasteiger partial charge in [0.2, 0.25) is 5.91 Å². The highest BCUT2D eigenvalue weighted by Crippen LogP contribution is 2.35. The van der Waals surface area contributed by atoms with Crippen LogP contribution in [0, 0.1) is 0 Å². The number of benzene rings is 2. The molecule has 0 aliphatic carbocycles. The molecule has 3 heterocycles. The Morgan fingerprint density at radius 3 is 2.53 bits per heavy atom. The van der Waals surface area contributed by atoms with Crippen LogP contribution < -0.4 is 15.8 Å². The molecule has 2 aromatic carbocycles. The summed E-state index contributed by atoms with van der Waals surface area (Å²) >= 11 is 0. The molecule has 1 aliphatic heterocycles. The molecule has 0 spiro atoms.